The van der Waals surface area contributed by atoms with Crippen LogP contribution in [0.2, 0.25) is 0 Å². The molecule has 0 aliphatic carbocycles. The van der Waals surface area contributed by atoms with Gasteiger partial charge in [-0.25, -0.2) is 4.39 Å². The minimum atomic E-state index is -0.590. The summed E-state index contributed by atoms with van der Waals surface area (Å²) in [5.41, 5.74) is 0.299. The Bertz CT molecular complexity index is 405. The molecule has 4 nitrogen and oxygen atoms in total. The fourth-order valence-electron chi connectivity index (χ4n) is 2.02. The molecule has 0 aliphatic rings. The predicted molar refractivity (Wildman–Crippen MR) is 64.6 cm³/mol. The van der Waals surface area contributed by atoms with Gasteiger partial charge in [-0.05, 0) is 31.0 Å². The van der Waals surface area contributed by atoms with Crippen LogP contribution in [0.4, 0.5) is 10.1 Å². The third-order valence-corrected chi connectivity index (χ3v) is 3.10. The van der Waals surface area contributed by atoms with Crippen molar-refractivity contribution in [3.63, 3.8) is 0 Å². The summed E-state index contributed by atoms with van der Waals surface area (Å²) in [7, 11) is 1.83. The molecule has 1 aromatic carbocycles. The molecule has 0 spiro atoms. The molecule has 0 aromatic heterocycles. The van der Waals surface area contributed by atoms with Crippen molar-refractivity contribution < 1.29 is 9.31 Å². The number of non-ortho nitro benzene ring substituents is 1. The van der Waals surface area contributed by atoms with Crippen LogP contribution in [0.3, 0.4) is 0 Å². The number of likely N-dealkylation sites (N-methyl/N-ethyl adjacent to an activating group) is 1. The second-order valence-electron chi connectivity index (χ2n) is 4.06. The summed E-state index contributed by atoms with van der Waals surface area (Å²) in [5.74, 6) is -0.536. The Kier molecular flexibility index (Phi) is 4.57. The van der Waals surface area contributed by atoms with Crippen LogP contribution in [-0.2, 0) is 0 Å². The molecule has 17 heavy (non-hydrogen) atoms. The lowest BCUT2D eigenvalue weighted by atomic mass is 9.91. The third-order valence-electron chi connectivity index (χ3n) is 3.10. The first-order valence-corrected chi connectivity index (χ1v) is 5.62. The smallest absolute Gasteiger partial charge is 0.272 e. The summed E-state index contributed by atoms with van der Waals surface area (Å²) >= 11 is 0. The number of rotatable bonds is 5. The van der Waals surface area contributed by atoms with Crippen LogP contribution in [0.5, 0.6) is 0 Å². The van der Waals surface area contributed by atoms with Gasteiger partial charge in [-0.1, -0.05) is 13.8 Å². The summed E-state index contributed by atoms with van der Waals surface area (Å²) in [6, 6.07) is 3.98. The average molecular weight is 240 g/mol. The van der Waals surface area contributed by atoms with E-state index in [1.54, 1.807) is 0 Å². The quantitative estimate of drug-likeness (QED) is 0.636. The molecule has 94 valence electrons. The number of halogens is 1. The Morgan fingerprint density at radius 3 is 2.59 bits per heavy atom. The summed E-state index contributed by atoms with van der Waals surface area (Å²) in [6.07, 6.45) is 0.869. The molecule has 0 aliphatic heterocycles. The minimum Gasteiger partial charge on any atom is -0.316 e. The molecular formula is C12H17FN2O2. The van der Waals surface area contributed by atoms with Crippen LogP contribution in [-0.4, -0.2) is 18.0 Å². The first-order chi connectivity index (χ1) is 8.01. The summed E-state index contributed by atoms with van der Waals surface area (Å²) in [6.45, 7) is 3.93. The van der Waals surface area contributed by atoms with E-state index in [2.05, 4.69) is 5.32 Å². The van der Waals surface area contributed by atoms with Crippen molar-refractivity contribution >= 4 is 5.69 Å². The Balaban J connectivity index is 3.03. The van der Waals surface area contributed by atoms with Crippen molar-refractivity contribution in [2.75, 3.05) is 7.05 Å². The van der Waals surface area contributed by atoms with Gasteiger partial charge in [0.1, 0.15) is 5.82 Å². The van der Waals surface area contributed by atoms with E-state index in [9.17, 15) is 14.5 Å². The van der Waals surface area contributed by atoms with Crippen LogP contribution in [0.15, 0.2) is 18.2 Å². The van der Waals surface area contributed by atoms with E-state index in [0.717, 1.165) is 12.5 Å². The number of nitro benzene ring substituents is 1. The van der Waals surface area contributed by atoms with Crippen molar-refractivity contribution in [1.82, 2.24) is 5.32 Å². The molecule has 2 atom stereocenters. The maximum absolute atomic E-state index is 13.8. The van der Waals surface area contributed by atoms with Crippen molar-refractivity contribution in [2.45, 2.75) is 32.2 Å². The highest BCUT2D eigenvalue weighted by atomic mass is 19.1. The van der Waals surface area contributed by atoms with Crippen LogP contribution in [0, 0.1) is 15.9 Å². The Morgan fingerprint density at radius 1 is 1.53 bits per heavy atom. The maximum atomic E-state index is 13.8. The van der Waals surface area contributed by atoms with Gasteiger partial charge in [0, 0.05) is 12.1 Å². The van der Waals surface area contributed by atoms with Gasteiger partial charge in [0.25, 0.3) is 5.69 Å². The molecule has 0 amide bonds. The van der Waals surface area contributed by atoms with Gasteiger partial charge in [0.05, 0.1) is 11.0 Å². The number of benzene rings is 1. The van der Waals surface area contributed by atoms with Gasteiger partial charge in [-0.15, -0.1) is 0 Å². The van der Waals surface area contributed by atoms with Crippen molar-refractivity contribution in [2.24, 2.45) is 0 Å². The van der Waals surface area contributed by atoms with Crippen LogP contribution >= 0.6 is 0 Å². The normalized spacial score (nSPS) is 14.4. The standard InChI is InChI=1S/C12H17FN2O2/c1-4-12(14-3)8(2)10-6-5-9(15(16)17)7-11(10)13/h5-8,12,14H,4H2,1-3H3. The topological polar surface area (TPSA) is 55.2 Å². The number of nitro groups is 1. The molecule has 1 rings (SSSR count). The number of nitrogens with one attached hydrogen (secondary N) is 1. The molecule has 0 heterocycles. The number of hydrogen-bond acceptors (Lipinski definition) is 3. The fourth-order valence-corrected chi connectivity index (χ4v) is 2.02. The van der Waals surface area contributed by atoms with Gasteiger partial charge >= 0.3 is 0 Å². The zero-order valence-corrected chi connectivity index (χ0v) is 10.2. The van der Waals surface area contributed by atoms with Gasteiger partial charge in [-0.2, -0.15) is 0 Å². The average Bonchev–Trinajstić information content (AvgIpc) is 2.30. The van der Waals surface area contributed by atoms with Crippen molar-refractivity contribution in [1.29, 1.82) is 0 Å². The maximum Gasteiger partial charge on any atom is 0.272 e. The zero-order valence-electron chi connectivity index (χ0n) is 10.2. The monoisotopic (exact) mass is 240 g/mol. The Morgan fingerprint density at radius 2 is 2.18 bits per heavy atom. The van der Waals surface area contributed by atoms with Crippen LogP contribution < -0.4 is 5.32 Å². The molecule has 0 saturated heterocycles. The second kappa shape index (κ2) is 5.72. The SMILES string of the molecule is CCC(NC)C(C)c1ccc([N+](=O)[O-])cc1F. The lowest BCUT2D eigenvalue weighted by Gasteiger charge is -2.22. The third kappa shape index (κ3) is 3.00. The van der Waals surface area contributed by atoms with E-state index >= 15 is 0 Å². The van der Waals surface area contributed by atoms with Crippen molar-refractivity contribution in [3.05, 3.63) is 39.7 Å². The Hall–Kier alpha value is -1.49. The van der Waals surface area contributed by atoms with Gasteiger partial charge in [0.15, 0.2) is 0 Å². The number of hydrogen-bond donors (Lipinski definition) is 1. The van der Waals surface area contributed by atoms with E-state index in [-0.39, 0.29) is 17.6 Å². The minimum absolute atomic E-state index is 0.0224. The van der Waals surface area contributed by atoms with Crippen molar-refractivity contribution in [3.8, 4) is 0 Å². The second-order valence-corrected chi connectivity index (χ2v) is 4.06. The predicted octanol–water partition coefficient (Wildman–Crippen LogP) is 2.84. The van der Waals surface area contributed by atoms with E-state index < -0.39 is 10.7 Å². The lowest BCUT2D eigenvalue weighted by Crippen LogP contribution is -2.30. The van der Waals surface area contributed by atoms with E-state index in [0.29, 0.717) is 5.56 Å². The number of nitrogens with zero attached hydrogens (tertiary/aromatic N) is 1. The molecule has 1 aromatic rings. The Labute approximate surface area is 100.0 Å². The largest absolute Gasteiger partial charge is 0.316 e. The highest BCUT2D eigenvalue weighted by Gasteiger charge is 2.20. The molecular weight excluding hydrogens is 223 g/mol. The summed E-state index contributed by atoms with van der Waals surface area (Å²) in [5, 5.41) is 13.6. The first kappa shape index (κ1) is 13.6. The summed E-state index contributed by atoms with van der Waals surface area (Å²) < 4.78 is 13.8. The van der Waals surface area contributed by atoms with E-state index in [1.807, 2.05) is 20.9 Å². The molecule has 0 radical (unpaired) electrons. The molecule has 0 bridgehead atoms. The van der Waals surface area contributed by atoms with Crippen LogP contribution in [0.25, 0.3) is 0 Å². The van der Waals surface area contributed by atoms with Crippen LogP contribution in [0.1, 0.15) is 31.7 Å². The highest BCUT2D eigenvalue weighted by Crippen LogP contribution is 2.26. The van der Waals surface area contributed by atoms with Gasteiger partial charge in [-0.3, -0.25) is 10.1 Å². The van der Waals surface area contributed by atoms with Gasteiger partial charge in [0.2, 0.25) is 0 Å². The highest BCUT2D eigenvalue weighted by molar-refractivity contribution is 5.36. The fraction of sp³-hybridized carbons (Fsp3) is 0.500. The van der Waals surface area contributed by atoms with E-state index in [1.165, 1.54) is 12.1 Å². The van der Waals surface area contributed by atoms with E-state index in [4.69, 9.17) is 0 Å². The summed E-state index contributed by atoms with van der Waals surface area (Å²) in [4.78, 5) is 9.92. The zero-order chi connectivity index (χ0) is 13.0. The molecule has 5 heteroatoms. The molecule has 2 unspecified atom stereocenters. The lowest BCUT2D eigenvalue weighted by molar-refractivity contribution is -0.385. The molecule has 1 N–H and O–H groups in total. The molecule has 0 fully saturated rings. The molecule has 0 saturated carbocycles. The van der Waals surface area contributed by atoms with Gasteiger partial charge < -0.3 is 5.32 Å². The first-order valence-electron chi connectivity index (χ1n) is 5.62.